The van der Waals surface area contributed by atoms with Gasteiger partial charge in [0, 0.05) is 47.0 Å². The van der Waals surface area contributed by atoms with Crippen molar-refractivity contribution in [1.82, 2.24) is 24.5 Å². The van der Waals surface area contributed by atoms with Crippen LogP contribution in [0.3, 0.4) is 0 Å². The molecule has 3 N–H and O–H groups in total. The zero-order valence-corrected chi connectivity index (χ0v) is 20.0. The summed E-state index contributed by atoms with van der Waals surface area (Å²) in [6, 6.07) is 11.8. The first-order valence-electron chi connectivity index (χ1n) is 11.0. The molecule has 1 aliphatic rings. The molecule has 9 nitrogen and oxygen atoms in total. The summed E-state index contributed by atoms with van der Waals surface area (Å²) in [5.41, 5.74) is 8.61. The van der Waals surface area contributed by atoms with E-state index in [1.54, 1.807) is 47.2 Å². The molecule has 5 rings (SSSR count). The Labute approximate surface area is 210 Å². The molecule has 1 unspecified atom stereocenters. The minimum Gasteiger partial charge on any atom is -0.368 e. The fourth-order valence-corrected chi connectivity index (χ4v) is 4.64. The number of halogens is 2. The van der Waals surface area contributed by atoms with Crippen LogP contribution in [0.1, 0.15) is 28.9 Å². The Morgan fingerprint density at radius 3 is 2.74 bits per heavy atom. The lowest BCUT2D eigenvalue weighted by molar-refractivity contribution is -0.121. The predicted molar refractivity (Wildman–Crippen MR) is 133 cm³/mol. The number of primary amides is 1. The summed E-state index contributed by atoms with van der Waals surface area (Å²) >= 11 is 12.3. The van der Waals surface area contributed by atoms with Crippen LogP contribution in [0.25, 0.3) is 16.9 Å². The largest absolute Gasteiger partial charge is 0.368 e. The van der Waals surface area contributed by atoms with Gasteiger partial charge in [-0.3, -0.25) is 14.6 Å². The highest BCUT2D eigenvalue weighted by molar-refractivity contribution is 6.35. The quantitative estimate of drug-likeness (QED) is 0.408. The average Bonchev–Trinajstić information content (AvgIpc) is 3.53. The molecule has 4 heterocycles. The summed E-state index contributed by atoms with van der Waals surface area (Å²) in [6.45, 7) is 0.943. The monoisotopic (exact) mass is 509 g/mol. The number of aromatic nitrogens is 4. The molecule has 0 spiro atoms. The van der Waals surface area contributed by atoms with E-state index < -0.39 is 11.9 Å². The van der Waals surface area contributed by atoms with Gasteiger partial charge in [0.25, 0.3) is 5.91 Å². The maximum absolute atomic E-state index is 12.9. The van der Waals surface area contributed by atoms with E-state index in [-0.39, 0.29) is 11.6 Å². The number of nitrogens with zero attached hydrogens (tertiary/aromatic N) is 5. The molecule has 11 heteroatoms. The fourth-order valence-electron chi connectivity index (χ4n) is 4.16. The Bertz CT molecular complexity index is 1420. The molecule has 4 aromatic rings. The molecule has 35 heavy (non-hydrogen) atoms. The first-order valence-corrected chi connectivity index (χ1v) is 11.8. The summed E-state index contributed by atoms with van der Waals surface area (Å²) < 4.78 is 1.69. The Morgan fingerprint density at radius 1 is 1.14 bits per heavy atom. The van der Waals surface area contributed by atoms with Gasteiger partial charge in [-0.25, -0.2) is 4.98 Å². The van der Waals surface area contributed by atoms with Gasteiger partial charge in [0.05, 0.1) is 11.9 Å². The van der Waals surface area contributed by atoms with E-state index in [9.17, 15) is 9.59 Å². The lowest BCUT2D eigenvalue weighted by atomic mass is 10.1. The topological polar surface area (TPSA) is 119 Å². The second-order valence-electron chi connectivity index (χ2n) is 8.21. The Balaban J connectivity index is 1.40. The number of benzene rings is 1. The Hall–Kier alpha value is -3.69. The third-order valence-electron chi connectivity index (χ3n) is 5.95. The van der Waals surface area contributed by atoms with Gasteiger partial charge in [0.15, 0.2) is 5.65 Å². The van der Waals surface area contributed by atoms with Crippen LogP contribution < -0.4 is 11.1 Å². The number of hydrogen-bond acceptors (Lipinski definition) is 6. The van der Waals surface area contributed by atoms with Crippen molar-refractivity contribution in [1.29, 1.82) is 0 Å². The minimum absolute atomic E-state index is 0.253. The SMILES string of the molecule is NC(=O)C1CCCN1C(=O)c1ccc(-c2cc(NCc3ccc(Cl)cc3Cl)n3nccc3n2)cn1. The van der Waals surface area contributed by atoms with Crippen molar-refractivity contribution in [3.63, 3.8) is 0 Å². The van der Waals surface area contributed by atoms with Crippen LogP contribution in [0.5, 0.6) is 0 Å². The maximum Gasteiger partial charge on any atom is 0.273 e. The molecule has 1 aromatic carbocycles. The molecule has 0 radical (unpaired) electrons. The smallest absolute Gasteiger partial charge is 0.273 e. The second-order valence-corrected chi connectivity index (χ2v) is 9.05. The van der Waals surface area contributed by atoms with E-state index in [2.05, 4.69) is 20.4 Å². The number of hydrogen-bond donors (Lipinski definition) is 2. The molecule has 0 bridgehead atoms. The molecule has 1 atom stereocenters. The van der Waals surface area contributed by atoms with E-state index in [4.69, 9.17) is 28.9 Å². The molecule has 0 saturated carbocycles. The number of nitrogens with two attached hydrogens (primary N) is 1. The van der Waals surface area contributed by atoms with Crippen molar-refractivity contribution < 1.29 is 9.59 Å². The lowest BCUT2D eigenvalue weighted by Crippen LogP contribution is -2.43. The molecule has 1 fully saturated rings. The van der Waals surface area contributed by atoms with Crippen molar-refractivity contribution in [2.45, 2.75) is 25.4 Å². The molecule has 178 valence electrons. The van der Waals surface area contributed by atoms with Crippen molar-refractivity contribution in [3.8, 4) is 11.3 Å². The van der Waals surface area contributed by atoms with Crippen LogP contribution in [0, 0.1) is 0 Å². The molecule has 0 aliphatic carbocycles. The summed E-state index contributed by atoms with van der Waals surface area (Å²) in [7, 11) is 0. The molecule has 3 aromatic heterocycles. The number of fused-ring (bicyclic) bond motifs is 1. The second kappa shape index (κ2) is 9.52. The van der Waals surface area contributed by atoms with Crippen LogP contribution in [0.15, 0.2) is 54.9 Å². The van der Waals surface area contributed by atoms with E-state index in [1.807, 2.05) is 12.1 Å². The average molecular weight is 510 g/mol. The van der Waals surface area contributed by atoms with Gasteiger partial charge in [-0.05, 0) is 42.7 Å². The highest BCUT2D eigenvalue weighted by Crippen LogP contribution is 2.25. The predicted octanol–water partition coefficient (Wildman–Crippen LogP) is 3.80. The molecule has 1 aliphatic heterocycles. The molecule has 1 saturated heterocycles. The number of amides is 2. The van der Waals surface area contributed by atoms with Crippen molar-refractivity contribution in [3.05, 3.63) is 76.2 Å². The number of nitrogens with one attached hydrogen (secondary N) is 1. The van der Waals surface area contributed by atoms with Crippen LogP contribution in [0.2, 0.25) is 10.0 Å². The van der Waals surface area contributed by atoms with Gasteiger partial charge in [0.2, 0.25) is 5.91 Å². The summed E-state index contributed by atoms with van der Waals surface area (Å²) in [6.07, 6.45) is 4.57. The Morgan fingerprint density at radius 2 is 2.00 bits per heavy atom. The van der Waals surface area contributed by atoms with Crippen molar-refractivity contribution in [2.24, 2.45) is 5.73 Å². The number of carbonyl (C=O) groups is 2. The first kappa shape index (κ1) is 23.1. The van der Waals surface area contributed by atoms with E-state index in [0.29, 0.717) is 46.7 Å². The maximum atomic E-state index is 12.9. The highest BCUT2D eigenvalue weighted by atomic mass is 35.5. The van der Waals surface area contributed by atoms with Gasteiger partial charge in [-0.2, -0.15) is 9.61 Å². The fraction of sp³-hybridized carbons (Fsp3) is 0.208. The summed E-state index contributed by atoms with van der Waals surface area (Å²) in [4.78, 5) is 35.0. The van der Waals surface area contributed by atoms with Crippen LogP contribution in [-0.4, -0.2) is 48.9 Å². The summed E-state index contributed by atoms with van der Waals surface area (Å²) in [5.74, 6) is -0.0903. The minimum atomic E-state index is -0.585. The van der Waals surface area contributed by atoms with Crippen LogP contribution in [-0.2, 0) is 11.3 Å². The van der Waals surface area contributed by atoms with Gasteiger partial charge < -0.3 is 16.0 Å². The third kappa shape index (κ3) is 4.65. The van der Waals surface area contributed by atoms with Gasteiger partial charge in [0.1, 0.15) is 17.6 Å². The highest BCUT2D eigenvalue weighted by Gasteiger charge is 2.33. The number of rotatable bonds is 6. The van der Waals surface area contributed by atoms with Crippen LogP contribution in [0.4, 0.5) is 5.82 Å². The van der Waals surface area contributed by atoms with Gasteiger partial charge >= 0.3 is 0 Å². The standard InChI is InChI=1S/C24H21Cl2N7O2/c25-16-5-3-14(17(26)10-16)12-29-22-11-19(31-21-7-8-30-33(21)22)15-4-6-18(28-13-15)24(35)32-9-1-2-20(32)23(27)34/h3-8,10-11,13,20,29H,1-2,9,12H2,(H2,27,34). The number of carbonyl (C=O) groups excluding carboxylic acids is 2. The number of pyridine rings is 1. The normalized spacial score (nSPS) is 15.5. The molecular weight excluding hydrogens is 489 g/mol. The zero-order valence-electron chi connectivity index (χ0n) is 18.5. The van der Waals surface area contributed by atoms with E-state index in [1.165, 1.54) is 4.90 Å². The molecule has 2 amide bonds. The van der Waals surface area contributed by atoms with Crippen molar-refractivity contribution in [2.75, 3.05) is 11.9 Å². The lowest BCUT2D eigenvalue weighted by Gasteiger charge is -2.21. The first-order chi connectivity index (χ1) is 16.9. The summed E-state index contributed by atoms with van der Waals surface area (Å²) in [5, 5.41) is 8.83. The van der Waals surface area contributed by atoms with Gasteiger partial charge in [-0.1, -0.05) is 29.3 Å². The van der Waals surface area contributed by atoms with Crippen molar-refractivity contribution >= 4 is 46.5 Å². The Kier molecular flexibility index (Phi) is 6.27. The third-order valence-corrected chi connectivity index (χ3v) is 6.54. The number of likely N-dealkylation sites (tertiary alicyclic amines) is 1. The molecular formula is C24H21Cl2N7O2. The van der Waals surface area contributed by atoms with Gasteiger partial charge in [-0.15, -0.1) is 0 Å². The van der Waals surface area contributed by atoms with E-state index >= 15 is 0 Å². The zero-order chi connectivity index (χ0) is 24.5. The van der Waals surface area contributed by atoms with Crippen LogP contribution >= 0.6 is 23.2 Å². The number of anilines is 1. The van der Waals surface area contributed by atoms with E-state index in [0.717, 1.165) is 17.5 Å².